The number of hydrogen-bond acceptors (Lipinski definition) is 4. The number of carbonyl (C=O) groups excluding carboxylic acids is 1. The number of benzene rings is 1. The van der Waals surface area contributed by atoms with Crippen LogP contribution in [0.15, 0.2) is 48.7 Å². The molecule has 1 aliphatic heterocycles. The molecule has 1 atom stereocenters. The molecule has 1 aliphatic rings. The molecule has 5 heteroatoms. The number of thioether (sulfide) groups is 1. The zero-order valence-electron chi connectivity index (χ0n) is 12.3. The molecule has 0 fully saturated rings. The summed E-state index contributed by atoms with van der Waals surface area (Å²) in [5.41, 5.74) is 2.46. The highest BCUT2D eigenvalue weighted by molar-refractivity contribution is 8.00. The second-order valence-corrected chi connectivity index (χ2v) is 6.35. The molecule has 0 aliphatic carbocycles. The lowest BCUT2D eigenvalue weighted by atomic mass is 10.0. The maximum atomic E-state index is 12.4. The fraction of sp³-hybridized carbons (Fsp3) is 0.294. The van der Waals surface area contributed by atoms with Crippen molar-refractivity contribution in [1.29, 1.82) is 0 Å². The molecule has 1 aromatic heterocycles. The third-order valence-electron chi connectivity index (χ3n) is 3.63. The van der Waals surface area contributed by atoms with Gasteiger partial charge >= 0.3 is 0 Å². The smallest absolute Gasteiger partial charge is 0.237 e. The standard InChI is InChI=1S/C17H19N3OS/c21-17(20-11-10-19-15-7-3-4-9-18-15)16-14-6-2-1-5-13(14)8-12-22-16/h1-7,9,16H,8,10-12H2,(H,18,19)(H,20,21)/t16-/m1/s1. The highest BCUT2D eigenvalue weighted by Gasteiger charge is 2.26. The zero-order valence-corrected chi connectivity index (χ0v) is 13.1. The van der Waals surface area contributed by atoms with Gasteiger partial charge in [-0.2, -0.15) is 0 Å². The third kappa shape index (κ3) is 3.60. The predicted octanol–water partition coefficient (Wildman–Crippen LogP) is 2.64. The SMILES string of the molecule is O=C(NCCNc1ccccn1)[C@@H]1SCCc2ccccc21. The number of aromatic nitrogens is 1. The summed E-state index contributed by atoms with van der Waals surface area (Å²) in [7, 11) is 0. The number of pyridine rings is 1. The van der Waals surface area contributed by atoms with Gasteiger partial charge in [0.15, 0.2) is 0 Å². The Labute approximate surface area is 134 Å². The maximum absolute atomic E-state index is 12.4. The van der Waals surface area contributed by atoms with Gasteiger partial charge in [-0.15, -0.1) is 11.8 Å². The summed E-state index contributed by atoms with van der Waals surface area (Å²) in [4.78, 5) is 16.6. The van der Waals surface area contributed by atoms with Crippen molar-refractivity contribution >= 4 is 23.5 Å². The Hall–Kier alpha value is -2.01. The Morgan fingerprint density at radius 1 is 1.18 bits per heavy atom. The maximum Gasteiger partial charge on any atom is 0.237 e. The molecule has 2 N–H and O–H groups in total. The largest absolute Gasteiger partial charge is 0.368 e. The normalized spacial score (nSPS) is 16.6. The molecule has 0 spiro atoms. The van der Waals surface area contributed by atoms with Gasteiger partial charge in [-0.1, -0.05) is 30.3 Å². The summed E-state index contributed by atoms with van der Waals surface area (Å²) in [5, 5.41) is 6.12. The average molecular weight is 313 g/mol. The molecule has 22 heavy (non-hydrogen) atoms. The van der Waals surface area contributed by atoms with E-state index >= 15 is 0 Å². The van der Waals surface area contributed by atoms with Gasteiger partial charge in [-0.3, -0.25) is 4.79 Å². The lowest BCUT2D eigenvalue weighted by Crippen LogP contribution is -2.33. The molecule has 0 unspecified atom stereocenters. The minimum Gasteiger partial charge on any atom is -0.368 e. The quantitative estimate of drug-likeness (QED) is 0.833. The van der Waals surface area contributed by atoms with Gasteiger partial charge in [0.1, 0.15) is 11.1 Å². The van der Waals surface area contributed by atoms with Crippen molar-refractivity contribution in [1.82, 2.24) is 10.3 Å². The van der Waals surface area contributed by atoms with Crippen LogP contribution in [0.3, 0.4) is 0 Å². The van der Waals surface area contributed by atoms with Crippen LogP contribution in [0, 0.1) is 0 Å². The van der Waals surface area contributed by atoms with Gasteiger partial charge in [0.25, 0.3) is 0 Å². The van der Waals surface area contributed by atoms with Crippen molar-refractivity contribution in [2.45, 2.75) is 11.7 Å². The van der Waals surface area contributed by atoms with Gasteiger partial charge in [-0.25, -0.2) is 4.98 Å². The van der Waals surface area contributed by atoms with Gasteiger partial charge in [-0.05, 0) is 35.4 Å². The molecule has 114 valence electrons. The minimum atomic E-state index is -0.0835. The van der Waals surface area contributed by atoms with E-state index in [1.165, 1.54) is 5.56 Å². The molecule has 1 aromatic carbocycles. The Bertz CT molecular complexity index is 633. The van der Waals surface area contributed by atoms with Gasteiger partial charge < -0.3 is 10.6 Å². The van der Waals surface area contributed by atoms with Gasteiger partial charge in [0.05, 0.1) is 0 Å². The lowest BCUT2D eigenvalue weighted by molar-refractivity contribution is -0.120. The molecule has 3 rings (SSSR count). The molecule has 4 nitrogen and oxygen atoms in total. The highest BCUT2D eigenvalue weighted by atomic mass is 32.2. The summed E-state index contributed by atoms with van der Waals surface area (Å²) in [5.74, 6) is 1.93. The van der Waals surface area contributed by atoms with E-state index < -0.39 is 0 Å². The van der Waals surface area contributed by atoms with E-state index in [0.717, 1.165) is 23.6 Å². The molecule has 2 heterocycles. The lowest BCUT2D eigenvalue weighted by Gasteiger charge is -2.24. The van der Waals surface area contributed by atoms with E-state index in [-0.39, 0.29) is 11.2 Å². The van der Waals surface area contributed by atoms with Crippen LogP contribution in [0.25, 0.3) is 0 Å². The van der Waals surface area contributed by atoms with E-state index in [1.54, 1.807) is 18.0 Å². The van der Waals surface area contributed by atoms with Crippen LogP contribution in [0.5, 0.6) is 0 Å². The predicted molar refractivity (Wildman–Crippen MR) is 91.1 cm³/mol. The summed E-state index contributed by atoms with van der Waals surface area (Å²) >= 11 is 1.72. The van der Waals surface area contributed by atoms with Crippen LogP contribution in [-0.2, 0) is 11.2 Å². The number of fused-ring (bicyclic) bond motifs is 1. The first-order valence-electron chi connectivity index (χ1n) is 7.46. The summed E-state index contributed by atoms with van der Waals surface area (Å²) in [6.07, 6.45) is 2.79. The van der Waals surface area contributed by atoms with Crippen LogP contribution in [0.1, 0.15) is 16.4 Å². The summed E-state index contributed by atoms with van der Waals surface area (Å²) < 4.78 is 0. The molecule has 0 radical (unpaired) electrons. The van der Waals surface area contributed by atoms with Crippen molar-refractivity contribution in [3.05, 3.63) is 59.8 Å². The topological polar surface area (TPSA) is 54.0 Å². The average Bonchev–Trinajstić information content (AvgIpc) is 2.59. The third-order valence-corrected chi connectivity index (χ3v) is 4.87. The van der Waals surface area contributed by atoms with E-state index in [2.05, 4.69) is 27.8 Å². The Morgan fingerprint density at radius 2 is 2.05 bits per heavy atom. The second kappa shape index (κ2) is 7.31. The number of nitrogens with zero attached hydrogens (tertiary/aromatic N) is 1. The fourth-order valence-corrected chi connectivity index (χ4v) is 3.77. The number of aryl methyl sites for hydroxylation is 1. The summed E-state index contributed by atoms with van der Waals surface area (Å²) in [6, 6.07) is 14.0. The molecule has 1 amide bonds. The van der Waals surface area contributed by atoms with Gasteiger partial charge in [0, 0.05) is 19.3 Å². The number of hydrogen-bond donors (Lipinski definition) is 2. The Balaban J connectivity index is 1.51. The first-order valence-corrected chi connectivity index (χ1v) is 8.51. The van der Waals surface area contributed by atoms with E-state index in [1.807, 2.05) is 30.3 Å². The van der Waals surface area contributed by atoms with Crippen molar-refractivity contribution < 1.29 is 4.79 Å². The molecule has 0 bridgehead atoms. The molecule has 0 saturated heterocycles. The number of carbonyl (C=O) groups is 1. The number of nitrogens with one attached hydrogen (secondary N) is 2. The van der Waals surface area contributed by atoms with Crippen LogP contribution >= 0.6 is 11.8 Å². The first-order chi connectivity index (χ1) is 10.8. The zero-order chi connectivity index (χ0) is 15.2. The van der Waals surface area contributed by atoms with E-state index in [4.69, 9.17) is 0 Å². The van der Waals surface area contributed by atoms with Crippen molar-refractivity contribution in [3.8, 4) is 0 Å². The van der Waals surface area contributed by atoms with Crippen molar-refractivity contribution in [3.63, 3.8) is 0 Å². The van der Waals surface area contributed by atoms with Crippen LogP contribution in [0.4, 0.5) is 5.82 Å². The van der Waals surface area contributed by atoms with Crippen molar-refractivity contribution in [2.75, 3.05) is 24.2 Å². The minimum absolute atomic E-state index is 0.0835. The molecule has 0 saturated carbocycles. The Morgan fingerprint density at radius 3 is 2.91 bits per heavy atom. The number of amides is 1. The number of anilines is 1. The number of rotatable bonds is 5. The van der Waals surface area contributed by atoms with E-state index in [0.29, 0.717) is 13.1 Å². The summed E-state index contributed by atoms with van der Waals surface area (Å²) in [6.45, 7) is 1.26. The van der Waals surface area contributed by atoms with Crippen LogP contribution in [0.2, 0.25) is 0 Å². The molecular weight excluding hydrogens is 294 g/mol. The fourth-order valence-electron chi connectivity index (χ4n) is 2.55. The van der Waals surface area contributed by atoms with Gasteiger partial charge in [0.2, 0.25) is 5.91 Å². The van der Waals surface area contributed by atoms with E-state index in [9.17, 15) is 4.79 Å². The van der Waals surface area contributed by atoms with Crippen LogP contribution in [-0.4, -0.2) is 29.7 Å². The monoisotopic (exact) mass is 313 g/mol. The van der Waals surface area contributed by atoms with Crippen molar-refractivity contribution in [2.24, 2.45) is 0 Å². The molecular formula is C17H19N3OS. The Kier molecular flexibility index (Phi) is 4.96. The van der Waals surface area contributed by atoms with Crippen LogP contribution < -0.4 is 10.6 Å². The second-order valence-electron chi connectivity index (χ2n) is 5.13. The highest BCUT2D eigenvalue weighted by Crippen LogP contribution is 2.36. The molecule has 2 aromatic rings. The first kappa shape index (κ1) is 14.9.